The summed E-state index contributed by atoms with van der Waals surface area (Å²) in [4.78, 5) is 0. The summed E-state index contributed by atoms with van der Waals surface area (Å²) < 4.78 is 0. The highest BCUT2D eigenvalue weighted by molar-refractivity contribution is 5.49. The maximum absolute atomic E-state index is 9.96. The van der Waals surface area contributed by atoms with Crippen molar-refractivity contribution in [2.24, 2.45) is 0 Å². The average Bonchev–Trinajstić information content (AvgIpc) is 2.67. The standard InChI is InChI=1S/C25H40O/c1-2-3-4-5-6-7-8-9-10-11-12-13-14-18-21-25(26)23-22-24-19-16-15-17-20-24/h14-20,22-23,25-26H,2-13,21H2,1H3. The van der Waals surface area contributed by atoms with Gasteiger partial charge in [0.2, 0.25) is 0 Å². The highest BCUT2D eigenvalue weighted by atomic mass is 16.3. The molecule has 1 rings (SSSR count). The molecule has 0 fully saturated rings. The molecule has 146 valence electrons. The molecule has 0 aromatic heterocycles. The van der Waals surface area contributed by atoms with Crippen LogP contribution in [0.4, 0.5) is 0 Å². The second-order valence-corrected chi connectivity index (χ2v) is 7.37. The van der Waals surface area contributed by atoms with E-state index in [4.69, 9.17) is 0 Å². The molecule has 0 saturated carbocycles. The molecule has 0 saturated heterocycles. The zero-order valence-corrected chi connectivity index (χ0v) is 16.9. The molecule has 0 radical (unpaired) electrons. The van der Waals surface area contributed by atoms with Gasteiger partial charge in [0.05, 0.1) is 6.10 Å². The lowest BCUT2D eigenvalue weighted by Gasteiger charge is -2.02. The molecule has 1 aromatic carbocycles. The first-order valence-corrected chi connectivity index (χ1v) is 10.9. The number of aliphatic hydroxyl groups is 1. The van der Waals surface area contributed by atoms with Gasteiger partial charge >= 0.3 is 0 Å². The Morgan fingerprint density at radius 1 is 0.769 bits per heavy atom. The fraction of sp³-hybridized carbons (Fsp3) is 0.600. The third-order valence-electron chi connectivity index (χ3n) is 4.83. The quantitative estimate of drug-likeness (QED) is 0.237. The van der Waals surface area contributed by atoms with Gasteiger partial charge in [0.25, 0.3) is 0 Å². The average molecular weight is 357 g/mol. The largest absolute Gasteiger partial charge is 0.389 e. The van der Waals surface area contributed by atoms with Crippen LogP contribution in [0.2, 0.25) is 0 Å². The van der Waals surface area contributed by atoms with E-state index < -0.39 is 0 Å². The Morgan fingerprint density at radius 3 is 1.96 bits per heavy atom. The maximum Gasteiger partial charge on any atom is 0.0758 e. The minimum absolute atomic E-state index is 0.385. The van der Waals surface area contributed by atoms with Gasteiger partial charge in [-0.2, -0.15) is 0 Å². The van der Waals surface area contributed by atoms with Crippen LogP contribution in [0.1, 0.15) is 96.0 Å². The van der Waals surface area contributed by atoms with Crippen LogP contribution in [-0.2, 0) is 0 Å². The van der Waals surface area contributed by atoms with Crippen LogP contribution in [0.3, 0.4) is 0 Å². The third-order valence-corrected chi connectivity index (χ3v) is 4.83. The Balaban J connectivity index is 1.89. The Kier molecular flexibility index (Phi) is 14.9. The number of hydrogen-bond donors (Lipinski definition) is 1. The molecule has 0 heterocycles. The van der Waals surface area contributed by atoms with Crippen LogP contribution in [0.15, 0.2) is 48.6 Å². The summed E-state index contributed by atoms with van der Waals surface area (Å²) in [6.07, 6.45) is 25.0. The zero-order valence-electron chi connectivity index (χ0n) is 16.9. The summed E-state index contributed by atoms with van der Waals surface area (Å²) in [6.45, 7) is 2.28. The van der Waals surface area contributed by atoms with E-state index in [-0.39, 0.29) is 6.10 Å². The van der Waals surface area contributed by atoms with Gasteiger partial charge in [-0.1, -0.05) is 126 Å². The molecular formula is C25H40O. The van der Waals surface area contributed by atoms with Crippen LogP contribution in [0.25, 0.3) is 6.08 Å². The van der Waals surface area contributed by atoms with E-state index in [2.05, 4.69) is 19.1 Å². The highest BCUT2D eigenvalue weighted by Gasteiger charge is 1.95. The summed E-state index contributed by atoms with van der Waals surface area (Å²) >= 11 is 0. The Hall–Kier alpha value is -1.34. The molecule has 1 atom stereocenters. The summed E-state index contributed by atoms with van der Waals surface area (Å²) in [5.41, 5.74) is 1.14. The molecule has 0 aliphatic carbocycles. The van der Waals surface area contributed by atoms with Crippen molar-refractivity contribution in [3.05, 3.63) is 54.1 Å². The van der Waals surface area contributed by atoms with E-state index in [1.54, 1.807) is 0 Å². The van der Waals surface area contributed by atoms with Crippen LogP contribution in [0.5, 0.6) is 0 Å². The van der Waals surface area contributed by atoms with Gasteiger partial charge in [-0.25, -0.2) is 0 Å². The van der Waals surface area contributed by atoms with Crippen molar-refractivity contribution in [2.45, 2.75) is 96.5 Å². The van der Waals surface area contributed by atoms with Crippen molar-refractivity contribution in [3.63, 3.8) is 0 Å². The maximum atomic E-state index is 9.96. The van der Waals surface area contributed by atoms with Crippen LogP contribution in [0, 0.1) is 0 Å². The molecule has 0 spiro atoms. The van der Waals surface area contributed by atoms with Crippen LogP contribution in [-0.4, -0.2) is 11.2 Å². The van der Waals surface area contributed by atoms with Gasteiger partial charge < -0.3 is 5.11 Å². The number of hydrogen-bond acceptors (Lipinski definition) is 1. The molecule has 1 unspecified atom stereocenters. The number of aliphatic hydroxyl groups excluding tert-OH is 1. The Morgan fingerprint density at radius 2 is 1.35 bits per heavy atom. The summed E-state index contributed by atoms with van der Waals surface area (Å²) in [7, 11) is 0. The lowest BCUT2D eigenvalue weighted by molar-refractivity contribution is 0.227. The van der Waals surface area contributed by atoms with Crippen molar-refractivity contribution < 1.29 is 5.11 Å². The van der Waals surface area contributed by atoms with E-state index in [0.29, 0.717) is 6.42 Å². The molecule has 0 aliphatic rings. The van der Waals surface area contributed by atoms with Crippen molar-refractivity contribution in [2.75, 3.05) is 0 Å². The van der Waals surface area contributed by atoms with Crippen molar-refractivity contribution in [3.8, 4) is 0 Å². The zero-order chi connectivity index (χ0) is 18.7. The van der Waals surface area contributed by atoms with Crippen molar-refractivity contribution in [1.29, 1.82) is 0 Å². The molecule has 1 heteroatoms. The first-order chi connectivity index (χ1) is 12.8. The molecular weight excluding hydrogens is 316 g/mol. The molecule has 0 aliphatic heterocycles. The topological polar surface area (TPSA) is 20.2 Å². The summed E-state index contributed by atoms with van der Waals surface area (Å²) in [6, 6.07) is 10.1. The molecule has 1 nitrogen and oxygen atoms in total. The highest BCUT2D eigenvalue weighted by Crippen LogP contribution is 2.12. The van der Waals surface area contributed by atoms with Crippen molar-refractivity contribution in [1.82, 2.24) is 0 Å². The monoisotopic (exact) mass is 356 g/mol. The van der Waals surface area contributed by atoms with E-state index >= 15 is 0 Å². The van der Waals surface area contributed by atoms with Gasteiger partial charge in [-0.05, 0) is 24.8 Å². The first kappa shape index (κ1) is 22.7. The molecule has 0 bridgehead atoms. The summed E-state index contributed by atoms with van der Waals surface area (Å²) in [5, 5.41) is 9.96. The van der Waals surface area contributed by atoms with E-state index in [9.17, 15) is 5.11 Å². The van der Waals surface area contributed by atoms with Gasteiger partial charge in [-0.15, -0.1) is 0 Å². The van der Waals surface area contributed by atoms with E-state index in [1.807, 2.05) is 42.5 Å². The SMILES string of the molecule is CCCCCCCCCCCCCC=CCC(O)C=Cc1ccccc1. The smallest absolute Gasteiger partial charge is 0.0758 e. The predicted octanol–water partition coefficient (Wildman–Crippen LogP) is 7.71. The molecule has 26 heavy (non-hydrogen) atoms. The van der Waals surface area contributed by atoms with Crippen molar-refractivity contribution >= 4 is 6.08 Å². The normalized spacial score (nSPS) is 13.0. The minimum Gasteiger partial charge on any atom is -0.389 e. The van der Waals surface area contributed by atoms with E-state index in [0.717, 1.165) is 12.0 Å². The molecule has 1 N–H and O–H groups in total. The lowest BCUT2D eigenvalue weighted by Crippen LogP contribution is -1.98. The van der Waals surface area contributed by atoms with Gasteiger partial charge in [0, 0.05) is 0 Å². The fourth-order valence-electron chi connectivity index (χ4n) is 3.14. The fourth-order valence-corrected chi connectivity index (χ4v) is 3.14. The van der Waals surface area contributed by atoms with Gasteiger partial charge in [0.15, 0.2) is 0 Å². The number of rotatable bonds is 16. The van der Waals surface area contributed by atoms with Gasteiger partial charge in [0.1, 0.15) is 0 Å². The summed E-state index contributed by atoms with van der Waals surface area (Å²) in [5.74, 6) is 0. The predicted molar refractivity (Wildman–Crippen MR) is 116 cm³/mol. The van der Waals surface area contributed by atoms with Crippen LogP contribution < -0.4 is 0 Å². The number of unbranched alkanes of at least 4 members (excludes halogenated alkanes) is 11. The third kappa shape index (κ3) is 13.9. The molecule has 0 amide bonds. The second-order valence-electron chi connectivity index (χ2n) is 7.37. The van der Waals surface area contributed by atoms with Gasteiger partial charge in [-0.3, -0.25) is 0 Å². The first-order valence-electron chi connectivity index (χ1n) is 10.9. The number of allylic oxidation sites excluding steroid dienone is 1. The second kappa shape index (κ2) is 17.1. The van der Waals surface area contributed by atoms with Crippen LogP contribution >= 0.6 is 0 Å². The molecule has 1 aromatic rings. The Labute approximate surface area is 162 Å². The lowest BCUT2D eigenvalue weighted by atomic mass is 10.1. The minimum atomic E-state index is -0.385. The Bertz CT molecular complexity index is 460. The van der Waals surface area contributed by atoms with E-state index in [1.165, 1.54) is 70.6 Å². The number of benzene rings is 1.